The first-order valence-corrected chi connectivity index (χ1v) is 9.72. The van der Waals surface area contributed by atoms with E-state index < -0.39 is 17.6 Å². The molecule has 2 heterocycles. The number of rotatable bonds is 4. The van der Waals surface area contributed by atoms with E-state index in [1.807, 2.05) is 4.90 Å². The Morgan fingerprint density at radius 2 is 1.89 bits per heavy atom. The lowest BCUT2D eigenvalue weighted by Crippen LogP contribution is -2.39. The second-order valence-corrected chi connectivity index (χ2v) is 7.50. The van der Waals surface area contributed by atoms with Crippen LogP contribution in [0.1, 0.15) is 65.7 Å². The van der Waals surface area contributed by atoms with Gasteiger partial charge < -0.3 is 4.90 Å². The number of nitrogens with zero attached hydrogens (tertiary/aromatic N) is 2. The van der Waals surface area contributed by atoms with Crippen LogP contribution in [0.15, 0.2) is 30.0 Å². The van der Waals surface area contributed by atoms with Gasteiger partial charge in [-0.2, -0.15) is 0 Å². The fourth-order valence-corrected chi connectivity index (χ4v) is 4.43. The van der Waals surface area contributed by atoms with Crippen molar-refractivity contribution in [3.8, 4) is 0 Å². The van der Waals surface area contributed by atoms with Gasteiger partial charge in [-0.25, -0.2) is 4.39 Å². The van der Waals surface area contributed by atoms with E-state index >= 15 is 0 Å². The minimum atomic E-state index is -0.535. The molecule has 0 spiro atoms. The van der Waals surface area contributed by atoms with Crippen molar-refractivity contribution < 1.29 is 18.8 Å². The minimum Gasteiger partial charge on any atom is -0.316 e. The lowest BCUT2D eigenvalue weighted by Gasteiger charge is -2.38. The number of piperidine rings is 1. The lowest BCUT2D eigenvalue weighted by atomic mass is 9.85. The van der Waals surface area contributed by atoms with E-state index in [1.165, 1.54) is 24.3 Å². The van der Waals surface area contributed by atoms with Crippen LogP contribution in [0, 0.1) is 11.7 Å². The maximum atomic E-state index is 13.4. The van der Waals surface area contributed by atoms with E-state index in [-0.39, 0.29) is 23.6 Å². The summed E-state index contributed by atoms with van der Waals surface area (Å²) < 4.78 is 13.4. The van der Waals surface area contributed by atoms with Crippen LogP contribution < -0.4 is 0 Å². The highest BCUT2D eigenvalue weighted by atomic mass is 19.1. The largest absolute Gasteiger partial charge is 0.316 e. The molecule has 0 bridgehead atoms. The second kappa shape index (κ2) is 7.25. The molecule has 1 aromatic rings. The number of benzene rings is 1. The molecule has 3 amide bonds. The summed E-state index contributed by atoms with van der Waals surface area (Å²) in [6, 6.07) is 3.63. The topological polar surface area (TPSA) is 57.7 Å². The molecule has 142 valence electrons. The van der Waals surface area contributed by atoms with Gasteiger partial charge in [0, 0.05) is 25.2 Å². The van der Waals surface area contributed by atoms with E-state index in [1.54, 1.807) is 0 Å². The molecule has 5 nitrogen and oxygen atoms in total. The minimum absolute atomic E-state index is 0.0653. The van der Waals surface area contributed by atoms with E-state index in [9.17, 15) is 18.8 Å². The van der Waals surface area contributed by atoms with Crippen LogP contribution >= 0.6 is 0 Å². The van der Waals surface area contributed by atoms with Crippen molar-refractivity contribution in [1.82, 2.24) is 9.80 Å². The van der Waals surface area contributed by atoms with Gasteiger partial charge >= 0.3 is 0 Å². The van der Waals surface area contributed by atoms with Gasteiger partial charge in [0.15, 0.2) is 0 Å². The third-order valence-electron chi connectivity index (χ3n) is 5.78. The Hall–Kier alpha value is -2.50. The average Bonchev–Trinajstić information content (AvgIpc) is 2.91. The maximum Gasteiger partial charge on any atom is 0.261 e. The second-order valence-electron chi connectivity index (χ2n) is 7.50. The molecule has 1 unspecified atom stereocenters. The molecule has 3 aliphatic rings. The molecule has 1 aromatic carbocycles. The fourth-order valence-electron chi connectivity index (χ4n) is 4.43. The van der Waals surface area contributed by atoms with Gasteiger partial charge in [0.1, 0.15) is 5.82 Å². The third-order valence-corrected chi connectivity index (χ3v) is 5.78. The van der Waals surface area contributed by atoms with Gasteiger partial charge in [0.2, 0.25) is 5.91 Å². The van der Waals surface area contributed by atoms with Crippen LogP contribution in [0.5, 0.6) is 0 Å². The number of amides is 3. The van der Waals surface area contributed by atoms with Crippen molar-refractivity contribution in [2.24, 2.45) is 5.92 Å². The number of halogens is 1. The van der Waals surface area contributed by atoms with Crippen LogP contribution in [-0.4, -0.2) is 40.6 Å². The Bertz CT molecular complexity index is 833. The van der Waals surface area contributed by atoms with Gasteiger partial charge in [-0.1, -0.05) is 6.08 Å². The Balaban J connectivity index is 1.36. The van der Waals surface area contributed by atoms with Crippen molar-refractivity contribution in [3.63, 3.8) is 0 Å². The molecule has 1 saturated heterocycles. The summed E-state index contributed by atoms with van der Waals surface area (Å²) in [6.07, 6.45) is 8.47. The number of hydrogen-bond donors (Lipinski definition) is 0. The summed E-state index contributed by atoms with van der Waals surface area (Å²) in [5, 5.41) is 0. The van der Waals surface area contributed by atoms with Crippen molar-refractivity contribution >= 4 is 17.7 Å². The predicted octanol–water partition coefficient (Wildman–Crippen LogP) is 3.51. The Kier molecular flexibility index (Phi) is 4.81. The van der Waals surface area contributed by atoms with Crippen LogP contribution in [0.2, 0.25) is 0 Å². The molecule has 1 fully saturated rings. The molecule has 6 heteroatoms. The number of likely N-dealkylation sites (tertiary alicyclic amines) is 1. The quantitative estimate of drug-likeness (QED) is 0.762. The van der Waals surface area contributed by atoms with Crippen LogP contribution in [0.4, 0.5) is 4.39 Å². The number of fused-ring (bicyclic) bond motifs is 2. The van der Waals surface area contributed by atoms with Crippen molar-refractivity contribution in [2.75, 3.05) is 13.1 Å². The molecule has 0 aromatic heterocycles. The Morgan fingerprint density at radius 1 is 1.11 bits per heavy atom. The summed E-state index contributed by atoms with van der Waals surface area (Å²) in [6.45, 7) is 0.934. The first kappa shape index (κ1) is 17.9. The smallest absolute Gasteiger partial charge is 0.261 e. The summed E-state index contributed by atoms with van der Waals surface area (Å²) in [5.41, 5.74) is 1.52. The summed E-state index contributed by atoms with van der Waals surface area (Å²) in [7, 11) is 0. The summed E-state index contributed by atoms with van der Waals surface area (Å²) in [5.74, 6) is -0.851. The van der Waals surface area contributed by atoms with E-state index in [2.05, 4.69) is 6.08 Å². The molecular formula is C21H23FN2O3. The van der Waals surface area contributed by atoms with Crippen molar-refractivity contribution in [3.05, 3.63) is 46.9 Å². The number of hydrogen-bond acceptors (Lipinski definition) is 3. The number of carbonyl (C=O) groups excluding carboxylic acids is 3. The van der Waals surface area contributed by atoms with Gasteiger partial charge in [-0.05, 0) is 62.6 Å². The maximum absolute atomic E-state index is 13.4. The standard InChI is InChI=1S/C21H23FN2O3/c22-15-9-10-16-17(13-15)21(27)24(20(16)26)12-4-8-19(25)23-11-3-6-14-5-1-2-7-18(14)23/h7,9-10,13-14H,1-6,8,11-12H2. The first-order valence-electron chi connectivity index (χ1n) is 9.72. The summed E-state index contributed by atoms with van der Waals surface area (Å²) in [4.78, 5) is 40.4. The molecule has 0 radical (unpaired) electrons. The van der Waals surface area contributed by atoms with Gasteiger partial charge in [-0.3, -0.25) is 19.3 Å². The van der Waals surface area contributed by atoms with E-state index in [0.29, 0.717) is 18.8 Å². The zero-order valence-corrected chi connectivity index (χ0v) is 15.2. The number of carbonyl (C=O) groups is 3. The van der Waals surface area contributed by atoms with Gasteiger partial charge in [-0.15, -0.1) is 0 Å². The average molecular weight is 370 g/mol. The SMILES string of the molecule is O=C(CCCN1C(=O)c2ccc(F)cc2C1=O)N1CCCC2CCCC=C21. The van der Waals surface area contributed by atoms with Crippen LogP contribution in [0.25, 0.3) is 0 Å². The molecule has 4 rings (SSSR count). The Labute approximate surface area is 157 Å². The lowest BCUT2D eigenvalue weighted by molar-refractivity contribution is -0.130. The molecule has 1 atom stereocenters. The highest BCUT2D eigenvalue weighted by molar-refractivity contribution is 6.21. The van der Waals surface area contributed by atoms with Crippen molar-refractivity contribution in [1.29, 1.82) is 0 Å². The number of imide groups is 1. The number of allylic oxidation sites excluding steroid dienone is 2. The predicted molar refractivity (Wildman–Crippen MR) is 97.4 cm³/mol. The zero-order chi connectivity index (χ0) is 19.0. The van der Waals surface area contributed by atoms with E-state index in [0.717, 1.165) is 43.2 Å². The first-order chi connectivity index (χ1) is 13.1. The molecule has 1 aliphatic carbocycles. The molecule has 27 heavy (non-hydrogen) atoms. The highest BCUT2D eigenvalue weighted by Crippen LogP contribution is 2.35. The van der Waals surface area contributed by atoms with Crippen LogP contribution in [0.3, 0.4) is 0 Å². The summed E-state index contributed by atoms with van der Waals surface area (Å²) >= 11 is 0. The third kappa shape index (κ3) is 3.29. The van der Waals surface area contributed by atoms with E-state index in [4.69, 9.17) is 0 Å². The fraction of sp³-hybridized carbons (Fsp3) is 0.476. The molecular weight excluding hydrogens is 347 g/mol. The molecule has 2 aliphatic heterocycles. The van der Waals surface area contributed by atoms with Crippen molar-refractivity contribution in [2.45, 2.75) is 44.9 Å². The molecule has 0 N–H and O–H groups in total. The normalized spacial score (nSPS) is 21.8. The van der Waals surface area contributed by atoms with Gasteiger partial charge in [0.05, 0.1) is 11.1 Å². The monoisotopic (exact) mass is 370 g/mol. The highest BCUT2D eigenvalue weighted by Gasteiger charge is 2.36. The van der Waals surface area contributed by atoms with Crippen LogP contribution in [-0.2, 0) is 4.79 Å². The molecule has 0 saturated carbocycles. The zero-order valence-electron chi connectivity index (χ0n) is 15.2. The Morgan fingerprint density at radius 3 is 2.74 bits per heavy atom. The van der Waals surface area contributed by atoms with Gasteiger partial charge in [0.25, 0.3) is 11.8 Å².